The Morgan fingerprint density at radius 1 is 1.13 bits per heavy atom. The van der Waals surface area contributed by atoms with Gasteiger partial charge in [0.1, 0.15) is 18.2 Å². The molecule has 0 unspecified atom stereocenters. The summed E-state index contributed by atoms with van der Waals surface area (Å²) in [6.07, 6.45) is 0. The van der Waals surface area contributed by atoms with Crippen molar-refractivity contribution in [2.45, 2.75) is 13.5 Å². The van der Waals surface area contributed by atoms with Crippen LogP contribution < -0.4 is 10.9 Å². The summed E-state index contributed by atoms with van der Waals surface area (Å²) in [5, 5.41) is 2.54. The molecular weight excluding hydrogens is 405 g/mol. The second-order valence-corrected chi connectivity index (χ2v) is 6.68. The van der Waals surface area contributed by atoms with E-state index in [1.54, 1.807) is 31.2 Å². The van der Waals surface area contributed by atoms with Crippen LogP contribution in [0.2, 0.25) is 0 Å². The fraction of sp³-hybridized carbons (Fsp3) is 0.0909. The maximum absolute atomic E-state index is 13.8. The van der Waals surface area contributed by atoms with E-state index in [0.29, 0.717) is 17.1 Å². The average Bonchev–Trinajstić information content (AvgIpc) is 3.13. The van der Waals surface area contributed by atoms with Crippen molar-refractivity contribution >= 4 is 23.2 Å². The van der Waals surface area contributed by atoms with Gasteiger partial charge < -0.3 is 14.6 Å². The number of aromatic nitrogens is 2. The molecule has 8 nitrogen and oxygen atoms in total. The van der Waals surface area contributed by atoms with Crippen LogP contribution in [0.4, 0.5) is 10.1 Å². The van der Waals surface area contributed by atoms with Gasteiger partial charge in [-0.3, -0.25) is 9.59 Å². The number of fused-ring (bicyclic) bond motifs is 1. The molecule has 0 aliphatic carbocycles. The number of nitrogens with zero attached hydrogens (tertiary/aromatic N) is 2. The Morgan fingerprint density at radius 3 is 2.74 bits per heavy atom. The number of aryl methyl sites for hydroxylation is 1. The summed E-state index contributed by atoms with van der Waals surface area (Å²) < 4.78 is 25.3. The largest absolute Gasteiger partial charge is 0.456 e. The van der Waals surface area contributed by atoms with Crippen molar-refractivity contribution in [3.05, 3.63) is 99.4 Å². The Labute approximate surface area is 174 Å². The van der Waals surface area contributed by atoms with Crippen molar-refractivity contribution in [2.75, 3.05) is 5.32 Å². The fourth-order valence-electron chi connectivity index (χ4n) is 2.94. The van der Waals surface area contributed by atoms with Crippen LogP contribution in [0.15, 0.2) is 70.0 Å². The summed E-state index contributed by atoms with van der Waals surface area (Å²) in [7, 11) is 0. The molecule has 2 aromatic heterocycles. The molecule has 0 atom stereocenters. The molecule has 1 N–H and O–H groups in total. The van der Waals surface area contributed by atoms with Gasteiger partial charge in [0.15, 0.2) is 5.65 Å². The SMILES string of the molecule is Cc1cc2nc(COC(=O)c3cccc(NC(=O)c4ccccc4F)c3)cc(=O)n2o1. The van der Waals surface area contributed by atoms with E-state index < -0.39 is 23.3 Å². The zero-order valence-electron chi connectivity index (χ0n) is 16.3. The number of nitrogens with one attached hydrogen (secondary N) is 1. The zero-order chi connectivity index (χ0) is 22.0. The van der Waals surface area contributed by atoms with Gasteiger partial charge in [0, 0.05) is 17.8 Å². The number of ether oxygens (including phenoxy) is 1. The lowest BCUT2D eigenvalue weighted by molar-refractivity contribution is 0.0467. The van der Waals surface area contributed by atoms with Crippen LogP contribution in [0.3, 0.4) is 0 Å². The van der Waals surface area contributed by atoms with Gasteiger partial charge in [0.25, 0.3) is 11.5 Å². The van der Waals surface area contributed by atoms with Crippen LogP contribution in [0.25, 0.3) is 5.65 Å². The van der Waals surface area contributed by atoms with Crippen molar-refractivity contribution in [2.24, 2.45) is 0 Å². The van der Waals surface area contributed by atoms with Crippen LogP contribution in [-0.4, -0.2) is 21.4 Å². The molecule has 0 spiro atoms. The van der Waals surface area contributed by atoms with Gasteiger partial charge in [0.2, 0.25) is 0 Å². The van der Waals surface area contributed by atoms with Crippen LogP contribution in [-0.2, 0) is 11.3 Å². The molecule has 4 aromatic rings. The number of anilines is 1. The molecule has 0 bridgehead atoms. The van der Waals surface area contributed by atoms with Crippen LogP contribution >= 0.6 is 0 Å². The second kappa shape index (κ2) is 8.23. The Morgan fingerprint density at radius 2 is 1.94 bits per heavy atom. The van der Waals surface area contributed by atoms with Crippen LogP contribution in [0, 0.1) is 12.7 Å². The van der Waals surface area contributed by atoms with Crippen molar-refractivity contribution in [3.8, 4) is 0 Å². The molecule has 0 aliphatic rings. The van der Waals surface area contributed by atoms with E-state index in [0.717, 1.165) is 4.57 Å². The molecule has 0 fully saturated rings. The predicted molar refractivity (Wildman–Crippen MR) is 108 cm³/mol. The van der Waals surface area contributed by atoms with Crippen LogP contribution in [0.1, 0.15) is 32.2 Å². The van der Waals surface area contributed by atoms with Gasteiger partial charge in [-0.2, -0.15) is 0 Å². The maximum Gasteiger partial charge on any atom is 0.338 e. The molecule has 1 amide bonds. The van der Waals surface area contributed by atoms with Crippen molar-refractivity contribution in [1.29, 1.82) is 0 Å². The van der Waals surface area contributed by atoms with Gasteiger partial charge >= 0.3 is 5.97 Å². The molecule has 0 saturated heterocycles. The molecular formula is C22H16FN3O5. The fourth-order valence-corrected chi connectivity index (χ4v) is 2.94. The van der Waals surface area contributed by atoms with E-state index in [1.807, 2.05) is 0 Å². The zero-order valence-corrected chi connectivity index (χ0v) is 16.3. The Balaban J connectivity index is 1.45. The van der Waals surface area contributed by atoms with E-state index in [4.69, 9.17) is 9.26 Å². The predicted octanol–water partition coefficient (Wildman–Crippen LogP) is 3.34. The van der Waals surface area contributed by atoms with Gasteiger partial charge in [0.05, 0.1) is 16.8 Å². The quantitative estimate of drug-likeness (QED) is 0.496. The number of esters is 1. The van der Waals surface area contributed by atoms with Crippen molar-refractivity contribution in [3.63, 3.8) is 0 Å². The van der Waals surface area contributed by atoms with E-state index in [1.165, 1.54) is 36.4 Å². The summed E-state index contributed by atoms with van der Waals surface area (Å²) in [5.74, 6) is -1.44. The first kappa shape index (κ1) is 20.0. The molecule has 0 radical (unpaired) electrons. The minimum atomic E-state index is -0.674. The smallest absolute Gasteiger partial charge is 0.338 e. The number of amides is 1. The Kier molecular flexibility index (Phi) is 5.31. The number of benzene rings is 2. The van der Waals surface area contributed by atoms with Gasteiger partial charge in [-0.1, -0.05) is 18.2 Å². The second-order valence-electron chi connectivity index (χ2n) is 6.68. The lowest BCUT2D eigenvalue weighted by Gasteiger charge is -2.08. The van der Waals surface area contributed by atoms with Gasteiger partial charge in [-0.15, -0.1) is 4.57 Å². The minimum absolute atomic E-state index is 0.113. The standard InChI is InChI=1S/C22H16FN3O5/c1-13-9-19-24-16(11-20(27)26(19)31-13)12-30-22(29)14-5-4-6-15(10-14)25-21(28)17-7-2-3-8-18(17)23/h2-11H,12H2,1H3,(H,25,28). The van der Waals surface area contributed by atoms with E-state index in [9.17, 15) is 18.8 Å². The van der Waals surface area contributed by atoms with Gasteiger partial charge in [-0.25, -0.2) is 14.2 Å². The number of rotatable bonds is 5. The molecule has 4 rings (SSSR count). The Hall–Kier alpha value is -4.27. The molecule has 9 heteroatoms. The topological polar surface area (TPSA) is 103 Å². The number of carbonyl (C=O) groups is 2. The summed E-state index contributed by atoms with van der Waals surface area (Å²) >= 11 is 0. The lowest BCUT2D eigenvalue weighted by atomic mass is 10.1. The number of hydrogen-bond donors (Lipinski definition) is 1. The lowest BCUT2D eigenvalue weighted by Crippen LogP contribution is -2.15. The van der Waals surface area contributed by atoms with Gasteiger partial charge in [-0.05, 0) is 37.3 Å². The number of halogens is 1. The summed E-state index contributed by atoms with van der Waals surface area (Å²) in [5.41, 5.74) is 0.509. The van der Waals surface area contributed by atoms with E-state index in [2.05, 4.69) is 10.3 Å². The molecule has 2 heterocycles. The average molecular weight is 421 g/mol. The number of carbonyl (C=O) groups excluding carboxylic acids is 2. The summed E-state index contributed by atoms with van der Waals surface area (Å²) in [4.78, 5) is 40.9. The maximum atomic E-state index is 13.8. The first-order valence-electron chi connectivity index (χ1n) is 9.23. The normalized spacial score (nSPS) is 10.8. The molecule has 156 valence electrons. The minimum Gasteiger partial charge on any atom is -0.456 e. The van der Waals surface area contributed by atoms with Crippen molar-refractivity contribution in [1.82, 2.24) is 9.56 Å². The molecule has 0 saturated carbocycles. The van der Waals surface area contributed by atoms with E-state index in [-0.39, 0.29) is 23.4 Å². The first-order valence-corrected chi connectivity index (χ1v) is 9.23. The summed E-state index contributed by atoms with van der Waals surface area (Å²) in [6.45, 7) is 1.46. The Bertz CT molecular complexity index is 1360. The van der Waals surface area contributed by atoms with E-state index >= 15 is 0 Å². The van der Waals surface area contributed by atoms with Crippen LogP contribution in [0.5, 0.6) is 0 Å². The monoisotopic (exact) mass is 421 g/mol. The third-order valence-electron chi connectivity index (χ3n) is 4.35. The third kappa shape index (κ3) is 4.35. The molecule has 2 aromatic carbocycles. The number of hydrogen-bond acceptors (Lipinski definition) is 6. The van der Waals surface area contributed by atoms with Crippen molar-refractivity contribution < 1.29 is 23.2 Å². The summed E-state index contributed by atoms with van der Waals surface area (Å²) in [6, 6.07) is 14.4. The highest BCUT2D eigenvalue weighted by Gasteiger charge is 2.14. The highest BCUT2D eigenvalue weighted by Crippen LogP contribution is 2.15. The third-order valence-corrected chi connectivity index (χ3v) is 4.35. The molecule has 0 aliphatic heterocycles. The first-order chi connectivity index (χ1) is 14.9. The highest BCUT2D eigenvalue weighted by atomic mass is 19.1. The molecule has 31 heavy (non-hydrogen) atoms. The highest BCUT2D eigenvalue weighted by molar-refractivity contribution is 6.05.